The second-order valence-corrected chi connectivity index (χ2v) is 3.52. The normalized spacial score (nSPS) is 11.9. The topological polar surface area (TPSA) is 0 Å². The van der Waals surface area contributed by atoms with Crippen molar-refractivity contribution >= 4 is 27.5 Å². The van der Waals surface area contributed by atoms with Crippen molar-refractivity contribution in [2.24, 2.45) is 0 Å². The number of halogens is 6. The molecule has 0 N–H and O–H groups in total. The third-order valence-electron chi connectivity index (χ3n) is 1.60. The van der Waals surface area contributed by atoms with Crippen LogP contribution in [0.25, 0.3) is 0 Å². The van der Waals surface area contributed by atoms with Crippen molar-refractivity contribution in [3.8, 4) is 0 Å². The van der Waals surface area contributed by atoms with Crippen LogP contribution >= 0.6 is 27.5 Å². The molecule has 0 atom stereocenters. The van der Waals surface area contributed by atoms with E-state index in [0.717, 1.165) is 6.07 Å². The average molecular weight is 291 g/mol. The fraction of sp³-hybridized carbons (Fsp3) is 0.250. The van der Waals surface area contributed by atoms with Gasteiger partial charge in [0.2, 0.25) is 0 Å². The summed E-state index contributed by atoms with van der Waals surface area (Å²) in [4.78, 5) is 0. The molecule has 14 heavy (non-hydrogen) atoms. The quantitative estimate of drug-likeness (QED) is 0.531. The van der Waals surface area contributed by atoms with Gasteiger partial charge in [-0.3, -0.25) is 0 Å². The first-order chi connectivity index (χ1) is 6.36. The maximum Gasteiger partial charge on any atom is 0.416 e. The van der Waals surface area contributed by atoms with Crippen LogP contribution in [0.4, 0.5) is 17.6 Å². The molecule has 0 aliphatic heterocycles. The van der Waals surface area contributed by atoms with Gasteiger partial charge in [0.25, 0.3) is 0 Å². The molecular formula is C8H4BrClF4. The summed E-state index contributed by atoms with van der Waals surface area (Å²) in [5.74, 6) is -1.07. The summed E-state index contributed by atoms with van der Waals surface area (Å²) in [6.07, 6.45) is -4.56. The number of rotatable bonds is 1. The monoisotopic (exact) mass is 290 g/mol. The smallest absolute Gasteiger partial charge is 0.205 e. The maximum absolute atomic E-state index is 12.8. The third-order valence-corrected chi connectivity index (χ3v) is 2.49. The predicted octanol–water partition coefficient (Wildman–Crippen LogP) is 4.39. The molecule has 0 aliphatic rings. The number of hydrogen-bond acceptors (Lipinski definition) is 0. The number of hydrogen-bond donors (Lipinski definition) is 0. The van der Waals surface area contributed by atoms with E-state index in [-0.39, 0.29) is 15.9 Å². The molecule has 0 fully saturated rings. The Morgan fingerprint density at radius 1 is 1.29 bits per heavy atom. The lowest BCUT2D eigenvalue weighted by atomic mass is 10.1. The summed E-state index contributed by atoms with van der Waals surface area (Å²) in [6, 6.07) is 1.37. The first kappa shape index (κ1) is 11.8. The molecule has 1 aromatic rings. The van der Waals surface area contributed by atoms with Crippen LogP contribution in [0, 0.1) is 5.82 Å². The van der Waals surface area contributed by atoms with Crippen LogP contribution in [0.5, 0.6) is 0 Å². The molecule has 0 amide bonds. The molecule has 0 bridgehead atoms. The molecule has 1 rings (SSSR count). The predicted molar refractivity (Wildman–Crippen MR) is 49.0 cm³/mol. The van der Waals surface area contributed by atoms with Gasteiger partial charge in [0.05, 0.1) is 10.6 Å². The molecule has 0 radical (unpaired) electrons. The Morgan fingerprint density at radius 2 is 1.86 bits per heavy atom. The lowest BCUT2D eigenvalue weighted by Crippen LogP contribution is -2.09. The molecule has 0 spiro atoms. The zero-order chi connectivity index (χ0) is 10.9. The van der Waals surface area contributed by atoms with Crippen molar-refractivity contribution in [1.82, 2.24) is 0 Å². The van der Waals surface area contributed by atoms with Crippen LogP contribution < -0.4 is 0 Å². The minimum absolute atomic E-state index is 0.0259. The van der Waals surface area contributed by atoms with E-state index in [1.54, 1.807) is 0 Å². The Hall–Kier alpha value is -0.290. The van der Waals surface area contributed by atoms with Crippen LogP contribution in [-0.4, -0.2) is 0 Å². The fourth-order valence-electron chi connectivity index (χ4n) is 0.962. The van der Waals surface area contributed by atoms with Crippen LogP contribution in [-0.2, 0) is 11.5 Å². The summed E-state index contributed by atoms with van der Waals surface area (Å²) in [6.45, 7) is 0. The van der Waals surface area contributed by atoms with Gasteiger partial charge in [-0.2, -0.15) is 13.2 Å². The third kappa shape index (κ3) is 2.39. The van der Waals surface area contributed by atoms with E-state index in [0.29, 0.717) is 6.07 Å². The van der Waals surface area contributed by atoms with E-state index in [9.17, 15) is 17.6 Å². The Bertz CT molecular complexity index is 348. The van der Waals surface area contributed by atoms with Gasteiger partial charge in [-0.25, -0.2) is 4.39 Å². The van der Waals surface area contributed by atoms with Gasteiger partial charge in [0.1, 0.15) is 5.82 Å². The van der Waals surface area contributed by atoms with Gasteiger partial charge in [-0.1, -0.05) is 27.5 Å². The zero-order valence-electron chi connectivity index (χ0n) is 6.63. The Kier molecular flexibility index (Phi) is 3.42. The van der Waals surface area contributed by atoms with Gasteiger partial charge in [0, 0.05) is 5.33 Å². The highest BCUT2D eigenvalue weighted by molar-refractivity contribution is 9.08. The minimum atomic E-state index is -4.56. The number of alkyl halides is 4. The second-order valence-electron chi connectivity index (χ2n) is 2.55. The van der Waals surface area contributed by atoms with E-state index in [4.69, 9.17) is 11.6 Å². The van der Waals surface area contributed by atoms with Crippen LogP contribution in [0.2, 0.25) is 5.02 Å². The van der Waals surface area contributed by atoms with Crippen LogP contribution in [0.3, 0.4) is 0 Å². The molecule has 6 heteroatoms. The summed E-state index contributed by atoms with van der Waals surface area (Å²) >= 11 is 8.23. The second kappa shape index (κ2) is 4.06. The number of benzene rings is 1. The highest BCUT2D eigenvalue weighted by Crippen LogP contribution is 2.35. The Labute approximate surface area is 91.0 Å². The SMILES string of the molecule is Fc1cc(C(F)(F)F)c(CBr)cc1Cl. The summed E-state index contributed by atoms with van der Waals surface area (Å²) in [7, 11) is 0. The van der Waals surface area contributed by atoms with E-state index < -0.39 is 17.6 Å². The Morgan fingerprint density at radius 3 is 2.29 bits per heavy atom. The molecule has 0 aliphatic carbocycles. The summed E-state index contributed by atoms with van der Waals surface area (Å²) in [5.41, 5.74) is -1.08. The lowest BCUT2D eigenvalue weighted by molar-refractivity contribution is -0.138. The largest absolute Gasteiger partial charge is 0.416 e. The zero-order valence-corrected chi connectivity index (χ0v) is 8.97. The lowest BCUT2D eigenvalue weighted by Gasteiger charge is -2.11. The van der Waals surface area contributed by atoms with Crippen molar-refractivity contribution in [2.75, 3.05) is 0 Å². The first-order valence-electron chi connectivity index (χ1n) is 3.47. The molecule has 78 valence electrons. The van der Waals surface area contributed by atoms with E-state index >= 15 is 0 Å². The summed E-state index contributed by atoms with van der Waals surface area (Å²) < 4.78 is 49.7. The van der Waals surface area contributed by atoms with E-state index in [1.165, 1.54) is 0 Å². The average Bonchev–Trinajstić information content (AvgIpc) is 2.07. The molecular weight excluding hydrogens is 287 g/mol. The van der Waals surface area contributed by atoms with Crippen molar-refractivity contribution < 1.29 is 17.6 Å². The van der Waals surface area contributed by atoms with E-state index in [2.05, 4.69) is 15.9 Å². The van der Waals surface area contributed by atoms with Crippen molar-refractivity contribution in [2.45, 2.75) is 11.5 Å². The molecule has 1 aromatic carbocycles. The van der Waals surface area contributed by atoms with Gasteiger partial charge in [-0.15, -0.1) is 0 Å². The van der Waals surface area contributed by atoms with Crippen LogP contribution in [0.1, 0.15) is 11.1 Å². The molecule has 0 unspecified atom stereocenters. The summed E-state index contributed by atoms with van der Waals surface area (Å²) in [5, 5.41) is -0.338. The van der Waals surface area contributed by atoms with Crippen molar-refractivity contribution in [3.63, 3.8) is 0 Å². The van der Waals surface area contributed by atoms with Crippen LogP contribution in [0.15, 0.2) is 12.1 Å². The van der Waals surface area contributed by atoms with E-state index in [1.807, 2.05) is 0 Å². The van der Waals surface area contributed by atoms with Gasteiger partial charge >= 0.3 is 6.18 Å². The molecule has 0 nitrogen and oxygen atoms in total. The minimum Gasteiger partial charge on any atom is -0.205 e. The standard InChI is InChI=1S/C8H4BrClF4/c9-3-4-1-6(10)7(11)2-5(4)8(12,13)14/h1-2H,3H2. The molecule has 0 aromatic heterocycles. The Balaban J connectivity index is 3.35. The van der Waals surface area contributed by atoms with Gasteiger partial charge in [0.15, 0.2) is 0 Å². The molecule has 0 saturated heterocycles. The highest BCUT2D eigenvalue weighted by Gasteiger charge is 2.33. The maximum atomic E-state index is 12.8. The fourth-order valence-corrected chi connectivity index (χ4v) is 1.61. The van der Waals surface area contributed by atoms with Gasteiger partial charge in [-0.05, 0) is 17.7 Å². The highest BCUT2D eigenvalue weighted by atomic mass is 79.9. The first-order valence-corrected chi connectivity index (χ1v) is 4.97. The molecule has 0 saturated carbocycles. The van der Waals surface area contributed by atoms with Crippen molar-refractivity contribution in [3.05, 3.63) is 34.1 Å². The van der Waals surface area contributed by atoms with Crippen molar-refractivity contribution in [1.29, 1.82) is 0 Å². The molecule has 0 heterocycles. The van der Waals surface area contributed by atoms with Gasteiger partial charge < -0.3 is 0 Å².